The molecule has 0 aliphatic rings. The van der Waals surface area contributed by atoms with Crippen LogP contribution in [-0.4, -0.2) is 33.5 Å². The molecule has 0 saturated heterocycles. The van der Waals surface area contributed by atoms with Crippen LogP contribution in [0.1, 0.15) is 10.8 Å². The third-order valence-electron chi connectivity index (χ3n) is 2.81. The number of aromatic nitrogens is 4. The summed E-state index contributed by atoms with van der Waals surface area (Å²) >= 11 is 1.56. The minimum Gasteiger partial charge on any atom is -0.385 e. The average molecular weight is 289 g/mol. The molecule has 0 unspecified atom stereocenters. The molecule has 0 radical (unpaired) electrons. The van der Waals surface area contributed by atoms with Crippen LogP contribution in [0.4, 0.5) is 5.69 Å². The van der Waals surface area contributed by atoms with E-state index in [1.165, 1.54) is 0 Å². The minimum absolute atomic E-state index is 0.423. The Morgan fingerprint density at radius 1 is 1.25 bits per heavy atom. The number of ether oxygens (including phenoxy) is 1. The van der Waals surface area contributed by atoms with Gasteiger partial charge >= 0.3 is 0 Å². The molecule has 0 spiro atoms. The second-order valence-electron chi connectivity index (χ2n) is 4.28. The fourth-order valence-corrected chi connectivity index (χ4v) is 2.74. The Kier molecular flexibility index (Phi) is 3.89. The van der Waals surface area contributed by atoms with Crippen LogP contribution in [0, 0.1) is 0 Å². The summed E-state index contributed by atoms with van der Waals surface area (Å²) in [4.78, 5) is 0.812. The summed E-state index contributed by atoms with van der Waals surface area (Å²) in [5.41, 5.74) is 1.12. The van der Waals surface area contributed by atoms with Crippen molar-refractivity contribution in [2.24, 2.45) is 0 Å². The predicted molar refractivity (Wildman–Crippen MR) is 78.0 cm³/mol. The van der Waals surface area contributed by atoms with E-state index in [-0.39, 0.29) is 0 Å². The SMILES string of the molecule is COCc1nnc2sc(CCNc3ccccc3)nn12. The standard InChI is InChI=1S/C13H15N5OS/c1-19-9-11-15-16-13-18(11)17-12(20-13)7-8-14-10-5-3-2-4-6-10/h2-6,14H,7-9H2,1H3. The van der Waals surface area contributed by atoms with Gasteiger partial charge in [0, 0.05) is 25.8 Å². The first kappa shape index (κ1) is 13.0. The molecular weight excluding hydrogens is 274 g/mol. The highest BCUT2D eigenvalue weighted by Crippen LogP contribution is 2.15. The molecule has 3 rings (SSSR count). The molecule has 0 amide bonds. The molecule has 7 heteroatoms. The highest BCUT2D eigenvalue weighted by Gasteiger charge is 2.10. The summed E-state index contributed by atoms with van der Waals surface area (Å²) < 4.78 is 6.83. The number of nitrogens with one attached hydrogen (secondary N) is 1. The van der Waals surface area contributed by atoms with E-state index in [2.05, 4.69) is 32.7 Å². The molecule has 0 saturated carbocycles. The Bertz CT molecular complexity index is 678. The minimum atomic E-state index is 0.423. The van der Waals surface area contributed by atoms with Gasteiger partial charge in [0.1, 0.15) is 11.6 Å². The van der Waals surface area contributed by atoms with Gasteiger partial charge in [-0.25, -0.2) is 0 Å². The smallest absolute Gasteiger partial charge is 0.234 e. The van der Waals surface area contributed by atoms with Crippen LogP contribution in [0.5, 0.6) is 0 Å². The molecule has 0 bridgehead atoms. The van der Waals surface area contributed by atoms with E-state index in [4.69, 9.17) is 4.74 Å². The first-order valence-corrected chi connectivity index (χ1v) is 7.16. The molecule has 1 aromatic carbocycles. The summed E-state index contributed by atoms with van der Waals surface area (Å²) in [5, 5.41) is 17.0. The molecule has 2 heterocycles. The van der Waals surface area contributed by atoms with E-state index in [1.54, 1.807) is 23.0 Å². The zero-order chi connectivity index (χ0) is 13.8. The molecule has 104 valence electrons. The molecule has 2 aromatic heterocycles. The maximum absolute atomic E-state index is 5.07. The lowest BCUT2D eigenvalue weighted by Gasteiger charge is -2.03. The number of nitrogens with zero attached hydrogens (tertiary/aromatic N) is 4. The Morgan fingerprint density at radius 2 is 2.10 bits per heavy atom. The largest absolute Gasteiger partial charge is 0.385 e. The zero-order valence-corrected chi connectivity index (χ0v) is 11.9. The van der Waals surface area contributed by atoms with Crippen molar-refractivity contribution in [2.75, 3.05) is 19.0 Å². The number of rotatable bonds is 6. The third kappa shape index (κ3) is 2.78. The zero-order valence-electron chi connectivity index (χ0n) is 11.1. The summed E-state index contributed by atoms with van der Waals surface area (Å²) in [6.45, 7) is 1.26. The van der Waals surface area contributed by atoms with Crippen LogP contribution >= 0.6 is 11.3 Å². The molecule has 0 fully saturated rings. The monoisotopic (exact) mass is 289 g/mol. The predicted octanol–water partition coefficient (Wildman–Crippen LogP) is 1.99. The first-order valence-electron chi connectivity index (χ1n) is 6.34. The van der Waals surface area contributed by atoms with Gasteiger partial charge in [-0.3, -0.25) is 0 Å². The highest BCUT2D eigenvalue weighted by atomic mass is 32.1. The van der Waals surface area contributed by atoms with E-state index in [9.17, 15) is 0 Å². The van der Waals surface area contributed by atoms with Crippen LogP contribution < -0.4 is 5.32 Å². The fraction of sp³-hybridized carbons (Fsp3) is 0.308. The van der Waals surface area contributed by atoms with Crippen LogP contribution in [0.2, 0.25) is 0 Å². The fourth-order valence-electron chi connectivity index (χ4n) is 1.89. The summed E-state index contributed by atoms with van der Waals surface area (Å²) in [5.74, 6) is 0.737. The summed E-state index contributed by atoms with van der Waals surface area (Å²) in [6.07, 6.45) is 0.856. The van der Waals surface area contributed by atoms with Gasteiger partial charge in [-0.15, -0.1) is 10.2 Å². The van der Waals surface area contributed by atoms with Gasteiger partial charge in [0.15, 0.2) is 5.82 Å². The van der Waals surface area contributed by atoms with Crippen LogP contribution in [0.25, 0.3) is 4.96 Å². The number of methoxy groups -OCH3 is 1. The lowest BCUT2D eigenvalue weighted by Crippen LogP contribution is -2.05. The second-order valence-corrected chi connectivity index (χ2v) is 5.32. The maximum Gasteiger partial charge on any atom is 0.234 e. The van der Waals surface area contributed by atoms with Crippen LogP contribution in [-0.2, 0) is 17.8 Å². The van der Waals surface area contributed by atoms with Crippen molar-refractivity contribution < 1.29 is 4.74 Å². The van der Waals surface area contributed by atoms with Crippen molar-refractivity contribution in [3.8, 4) is 0 Å². The Balaban J connectivity index is 1.63. The van der Waals surface area contributed by atoms with Crippen molar-refractivity contribution >= 4 is 22.0 Å². The van der Waals surface area contributed by atoms with Gasteiger partial charge in [0.25, 0.3) is 0 Å². The van der Waals surface area contributed by atoms with Crippen LogP contribution in [0.15, 0.2) is 30.3 Å². The molecule has 0 aliphatic heterocycles. The average Bonchev–Trinajstić information content (AvgIpc) is 3.02. The van der Waals surface area contributed by atoms with E-state index in [0.717, 1.165) is 34.4 Å². The molecule has 0 aliphatic carbocycles. The van der Waals surface area contributed by atoms with E-state index in [0.29, 0.717) is 6.61 Å². The molecule has 6 nitrogen and oxygen atoms in total. The Labute approximate surface area is 120 Å². The number of hydrogen-bond acceptors (Lipinski definition) is 6. The highest BCUT2D eigenvalue weighted by molar-refractivity contribution is 7.16. The number of anilines is 1. The molecule has 1 N–H and O–H groups in total. The third-order valence-corrected chi connectivity index (χ3v) is 3.77. The van der Waals surface area contributed by atoms with Gasteiger partial charge < -0.3 is 10.1 Å². The molecule has 3 aromatic rings. The van der Waals surface area contributed by atoms with Crippen molar-refractivity contribution in [1.29, 1.82) is 0 Å². The molecular formula is C13H15N5OS. The van der Waals surface area contributed by atoms with Crippen LogP contribution in [0.3, 0.4) is 0 Å². The Morgan fingerprint density at radius 3 is 2.90 bits per heavy atom. The van der Waals surface area contributed by atoms with Gasteiger partial charge in [0.05, 0.1) is 0 Å². The van der Waals surface area contributed by atoms with E-state index < -0.39 is 0 Å². The molecule has 0 atom stereocenters. The summed E-state index contributed by atoms with van der Waals surface area (Å²) in [6, 6.07) is 10.1. The van der Waals surface area contributed by atoms with Crippen molar-refractivity contribution in [3.63, 3.8) is 0 Å². The first-order chi connectivity index (χ1) is 9.86. The summed E-state index contributed by atoms with van der Waals surface area (Å²) in [7, 11) is 1.64. The van der Waals surface area contributed by atoms with Crippen molar-refractivity contribution in [2.45, 2.75) is 13.0 Å². The van der Waals surface area contributed by atoms with E-state index in [1.807, 2.05) is 18.2 Å². The topological polar surface area (TPSA) is 64.3 Å². The van der Waals surface area contributed by atoms with E-state index >= 15 is 0 Å². The second kappa shape index (κ2) is 5.98. The quantitative estimate of drug-likeness (QED) is 0.752. The number of para-hydroxylation sites is 1. The number of hydrogen-bond donors (Lipinski definition) is 1. The number of fused-ring (bicyclic) bond motifs is 1. The lowest BCUT2D eigenvalue weighted by atomic mass is 10.3. The van der Waals surface area contributed by atoms with Crippen molar-refractivity contribution in [1.82, 2.24) is 19.8 Å². The van der Waals surface area contributed by atoms with Gasteiger partial charge in [0.2, 0.25) is 4.96 Å². The Hall–Kier alpha value is -1.99. The van der Waals surface area contributed by atoms with Gasteiger partial charge in [-0.2, -0.15) is 9.61 Å². The van der Waals surface area contributed by atoms with Crippen molar-refractivity contribution in [3.05, 3.63) is 41.2 Å². The lowest BCUT2D eigenvalue weighted by molar-refractivity contribution is 0.176. The number of benzene rings is 1. The maximum atomic E-state index is 5.07. The van der Waals surface area contributed by atoms with Gasteiger partial charge in [-0.1, -0.05) is 29.5 Å². The molecule has 20 heavy (non-hydrogen) atoms. The van der Waals surface area contributed by atoms with Gasteiger partial charge in [-0.05, 0) is 12.1 Å². The normalized spacial score (nSPS) is 11.1.